The van der Waals surface area contributed by atoms with Crippen molar-refractivity contribution in [3.05, 3.63) is 58.0 Å². The van der Waals surface area contributed by atoms with Gasteiger partial charge < -0.3 is 10.5 Å². The van der Waals surface area contributed by atoms with Crippen LogP contribution in [-0.4, -0.2) is 22.9 Å². The van der Waals surface area contributed by atoms with Crippen LogP contribution >= 0.6 is 0 Å². The lowest BCUT2D eigenvalue weighted by Crippen LogP contribution is -2.22. The van der Waals surface area contributed by atoms with Gasteiger partial charge in [-0.1, -0.05) is 31.2 Å². The summed E-state index contributed by atoms with van der Waals surface area (Å²) in [6, 6.07) is 9.66. The number of aryl methyl sites for hydroxylation is 1. The van der Waals surface area contributed by atoms with E-state index >= 15 is 0 Å². The molecule has 5 heteroatoms. The first-order valence-corrected chi connectivity index (χ1v) is 7.20. The number of rotatable bonds is 7. The Morgan fingerprint density at radius 1 is 1.24 bits per heavy atom. The number of nitrogens with zero attached hydrogens (tertiary/aromatic N) is 2. The van der Waals surface area contributed by atoms with Gasteiger partial charge in [0.15, 0.2) is 0 Å². The fourth-order valence-corrected chi connectivity index (χ4v) is 1.94. The molecule has 0 bridgehead atoms. The van der Waals surface area contributed by atoms with E-state index in [1.165, 1.54) is 16.3 Å². The van der Waals surface area contributed by atoms with Gasteiger partial charge >= 0.3 is 0 Å². The molecule has 0 aliphatic heterocycles. The van der Waals surface area contributed by atoms with E-state index in [-0.39, 0.29) is 5.56 Å². The number of hydrogen-bond donors (Lipinski definition) is 1. The van der Waals surface area contributed by atoms with E-state index in [4.69, 9.17) is 10.5 Å². The smallest absolute Gasteiger partial charge is 0.270 e. The molecular formula is C16H21N3O2. The van der Waals surface area contributed by atoms with E-state index in [1.807, 2.05) is 12.1 Å². The molecule has 0 fully saturated rings. The third-order valence-corrected chi connectivity index (χ3v) is 3.23. The molecule has 2 rings (SSSR count). The molecule has 1 aromatic heterocycles. The molecule has 1 aromatic carbocycles. The number of hydrogen-bond acceptors (Lipinski definition) is 4. The molecule has 0 atom stereocenters. The minimum Gasteiger partial charge on any atom is -0.492 e. The quantitative estimate of drug-likeness (QED) is 0.785. The van der Waals surface area contributed by atoms with Crippen molar-refractivity contribution in [3.63, 3.8) is 0 Å². The summed E-state index contributed by atoms with van der Waals surface area (Å²) < 4.78 is 6.83. The number of aromatic nitrogens is 2. The molecule has 21 heavy (non-hydrogen) atoms. The Kier molecular flexibility index (Phi) is 5.51. The molecule has 0 spiro atoms. The van der Waals surface area contributed by atoms with E-state index < -0.39 is 0 Å². The fourth-order valence-electron chi connectivity index (χ4n) is 1.94. The number of ether oxygens (including phenoxy) is 1. The van der Waals surface area contributed by atoms with E-state index in [1.54, 1.807) is 6.20 Å². The van der Waals surface area contributed by atoms with Gasteiger partial charge in [0.25, 0.3) is 5.56 Å². The van der Waals surface area contributed by atoms with E-state index in [0.29, 0.717) is 25.4 Å². The molecule has 112 valence electrons. The Bertz CT molecular complexity index is 620. The molecule has 0 unspecified atom stereocenters. The van der Waals surface area contributed by atoms with E-state index in [2.05, 4.69) is 24.2 Å². The largest absolute Gasteiger partial charge is 0.492 e. The van der Waals surface area contributed by atoms with Gasteiger partial charge in [0.1, 0.15) is 5.75 Å². The Labute approximate surface area is 124 Å². The molecule has 0 aliphatic rings. The predicted octanol–water partition coefficient (Wildman–Crippen LogP) is 1.58. The van der Waals surface area contributed by atoms with Gasteiger partial charge in [0, 0.05) is 6.07 Å². The molecule has 0 radical (unpaired) electrons. The van der Waals surface area contributed by atoms with Crippen LogP contribution in [0.4, 0.5) is 0 Å². The second-order valence-corrected chi connectivity index (χ2v) is 4.85. The second kappa shape index (κ2) is 7.59. The van der Waals surface area contributed by atoms with Crippen molar-refractivity contribution in [1.82, 2.24) is 9.78 Å². The van der Waals surface area contributed by atoms with Crippen LogP contribution in [0.3, 0.4) is 0 Å². The first-order valence-electron chi connectivity index (χ1n) is 7.20. The summed E-state index contributed by atoms with van der Waals surface area (Å²) in [5, 5.41) is 4.14. The third-order valence-electron chi connectivity index (χ3n) is 3.23. The Morgan fingerprint density at radius 3 is 2.57 bits per heavy atom. The first-order chi connectivity index (χ1) is 10.2. The molecule has 5 nitrogen and oxygen atoms in total. The minimum absolute atomic E-state index is 0.167. The monoisotopic (exact) mass is 287 g/mol. The average molecular weight is 287 g/mol. The Hall–Kier alpha value is -2.14. The van der Waals surface area contributed by atoms with Gasteiger partial charge in [0.05, 0.1) is 19.3 Å². The fraction of sp³-hybridized carbons (Fsp3) is 0.375. The second-order valence-electron chi connectivity index (χ2n) is 4.85. The third kappa shape index (κ3) is 4.43. The normalized spacial score (nSPS) is 10.6. The maximum atomic E-state index is 12.0. The summed E-state index contributed by atoms with van der Waals surface area (Å²) in [7, 11) is 0. The zero-order valence-corrected chi connectivity index (χ0v) is 12.3. The topological polar surface area (TPSA) is 70.1 Å². The molecule has 0 amide bonds. The van der Waals surface area contributed by atoms with Crippen LogP contribution in [0.5, 0.6) is 5.75 Å². The Balaban J connectivity index is 2.04. The number of nitrogens with two attached hydrogens (primary N) is 1. The van der Waals surface area contributed by atoms with Gasteiger partial charge in [-0.15, -0.1) is 0 Å². The highest BCUT2D eigenvalue weighted by Crippen LogP contribution is 2.07. The lowest BCUT2D eigenvalue weighted by atomic mass is 10.1. The highest BCUT2D eigenvalue weighted by atomic mass is 16.5. The highest BCUT2D eigenvalue weighted by Gasteiger charge is 2.02. The van der Waals surface area contributed by atoms with Crippen LogP contribution in [0.2, 0.25) is 0 Å². The Morgan fingerprint density at radius 2 is 1.95 bits per heavy atom. The predicted molar refractivity (Wildman–Crippen MR) is 82.6 cm³/mol. The van der Waals surface area contributed by atoms with Gasteiger partial charge in [-0.05, 0) is 30.5 Å². The van der Waals surface area contributed by atoms with Gasteiger partial charge in [0.2, 0.25) is 0 Å². The molecule has 0 aliphatic carbocycles. The summed E-state index contributed by atoms with van der Waals surface area (Å²) in [5.74, 6) is 0.492. The molecule has 1 heterocycles. The zero-order valence-electron chi connectivity index (χ0n) is 12.3. The van der Waals surface area contributed by atoms with Gasteiger partial charge in [-0.25, -0.2) is 4.68 Å². The van der Waals surface area contributed by atoms with Crippen LogP contribution in [0.15, 0.2) is 41.3 Å². The average Bonchev–Trinajstić information content (AvgIpc) is 2.51. The summed E-state index contributed by atoms with van der Waals surface area (Å²) in [6.07, 6.45) is 3.33. The van der Waals surface area contributed by atoms with Crippen LogP contribution in [0, 0.1) is 0 Å². The zero-order chi connectivity index (χ0) is 15.1. The van der Waals surface area contributed by atoms with Crippen molar-refractivity contribution in [1.29, 1.82) is 0 Å². The van der Waals surface area contributed by atoms with Gasteiger partial charge in [-0.3, -0.25) is 4.79 Å². The number of benzene rings is 1. The summed E-state index contributed by atoms with van der Waals surface area (Å²) in [6.45, 7) is 3.65. The molecule has 0 saturated heterocycles. The molecular weight excluding hydrogens is 266 g/mol. The van der Waals surface area contributed by atoms with E-state index in [0.717, 1.165) is 18.4 Å². The standard InChI is InChI=1S/C16H21N3O2/c1-2-13-4-6-14(7-5-13)12-19-16(20)10-15(11-18-19)21-9-3-8-17/h4-7,10-11H,2-3,8-9,12,17H2,1H3. The molecule has 0 saturated carbocycles. The lowest BCUT2D eigenvalue weighted by Gasteiger charge is -2.08. The van der Waals surface area contributed by atoms with Crippen molar-refractivity contribution in [2.24, 2.45) is 5.73 Å². The van der Waals surface area contributed by atoms with Crippen molar-refractivity contribution in [2.75, 3.05) is 13.2 Å². The highest BCUT2D eigenvalue weighted by molar-refractivity contribution is 5.23. The SMILES string of the molecule is CCc1ccc(Cn2ncc(OCCCN)cc2=O)cc1. The van der Waals surface area contributed by atoms with Crippen LogP contribution in [0.25, 0.3) is 0 Å². The maximum Gasteiger partial charge on any atom is 0.270 e. The van der Waals surface area contributed by atoms with Crippen LogP contribution in [0.1, 0.15) is 24.5 Å². The summed E-state index contributed by atoms with van der Waals surface area (Å²) in [4.78, 5) is 12.0. The van der Waals surface area contributed by atoms with Crippen molar-refractivity contribution in [3.8, 4) is 5.75 Å². The van der Waals surface area contributed by atoms with Crippen molar-refractivity contribution in [2.45, 2.75) is 26.3 Å². The van der Waals surface area contributed by atoms with Crippen LogP contribution in [-0.2, 0) is 13.0 Å². The van der Waals surface area contributed by atoms with E-state index in [9.17, 15) is 4.79 Å². The van der Waals surface area contributed by atoms with Crippen molar-refractivity contribution < 1.29 is 4.74 Å². The first kappa shape index (κ1) is 15.3. The molecule has 2 aromatic rings. The van der Waals surface area contributed by atoms with Crippen LogP contribution < -0.4 is 16.0 Å². The lowest BCUT2D eigenvalue weighted by molar-refractivity contribution is 0.309. The maximum absolute atomic E-state index is 12.0. The minimum atomic E-state index is -0.167. The van der Waals surface area contributed by atoms with Gasteiger partial charge in [-0.2, -0.15) is 5.10 Å². The summed E-state index contributed by atoms with van der Waals surface area (Å²) in [5.41, 5.74) is 7.56. The summed E-state index contributed by atoms with van der Waals surface area (Å²) >= 11 is 0. The molecule has 2 N–H and O–H groups in total. The van der Waals surface area contributed by atoms with Crippen molar-refractivity contribution >= 4 is 0 Å².